The van der Waals surface area contributed by atoms with E-state index in [1.165, 1.54) is 23.3 Å². The Balaban J connectivity index is 0.000000586. The first kappa shape index (κ1) is 39.8. The van der Waals surface area contributed by atoms with E-state index >= 15 is 0 Å². The molecule has 0 bridgehead atoms. The Morgan fingerprint density at radius 2 is 1.07 bits per heavy atom. The molecule has 2 unspecified atom stereocenters. The van der Waals surface area contributed by atoms with E-state index < -0.39 is 23.3 Å². The normalized spacial score (nSPS) is 13.7. The van der Waals surface area contributed by atoms with Crippen LogP contribution in [0.3, 0.4) is 0 Å². The number of anilines is 2. The summed E-state index contributed by atoms with van der Waals surface area (Å²) in [6.07, 6.45) is 18.0. The second-order valence-electron chi connectivity index (χ2n) is 9.60. The molecule has 2 amide bonds. The smallest absolute Gasteiger partial charge is 0.376 e. The summed E-state index contributed by atoms with van der Waals surface area (Å²) in [5.41, 5.74) is 2.47. The molecule has 0 saturated carbocycles. The van der Waals surface area contributed by atoms with Gasteiger partial charge in [-0.15, -0.1) is 49.2 Å². The van der Waals surface area contributed by atoms with E-state index in [1.807, 2.05) is 26.0 Å². The zero-order chi connectivity index (χ0) is 31.7. The van der Waals surface area contributed by atoms with E-state index in [1.54, 1.807) is 13.8 Å². The molecular formula is C34H38F4N2O2Ti. The van der Waals surface area contributed by atoms with Gasteiger partial charge in [-0.25, -0.2) is 40.9 Å². The van der Waals surface area contributed by atoms with Gasteiger partial charge in [0.05, 0.1) is 0 Å². The summed E-state index contributed by atoms with van der Waals surface area (Å²) in [7, 11) is 0. The number of allylic oxidation sites excluding steroid dienone is 8. The van der Waals surface area contributed by atoms with E-state index in [0.717, 1.165) is 25.0 Å². The van der Waals surface area contributed by atoms with Gasteiger partial charge in [0, 0.05) is 35.1 Å². The molecule has 2 aliphatic carbocycles. The molecule has 4 nitrogen and oxygen atoms in total. The summed E-state index contributed by atoms with van der Waals surface area (Å²) < 4.78 is 51.1. The van der Waals surface area contributed by atoms with Crippen molar-refractivity contribution in [1.29, 1.82) is 0 Å². The van der Waals surface area contributed by atoms with Gasteiger partial charge in [0.25, 0.3) is 0 Å². The molecule has 2 aromatic rings. The van der Waals surface area contributed by atoms with Crippen molar-refractivity contribution >= 4 is 23.2 Å². The number of halogens is 4. The maximum Gasteiger partial charge on any atom is 4.00 e. The van der Waals surface area contributed by atoms with Gasteiger partial charge in [-0.2, -0.15) is 12.2 Å². The topological polar surface area (TPSA) is 58.2 Å². The Kier molecular flexibility index (Phi) is 19.9. The van der Waals surface area contributed by atoms with Crippen molar-refractivity contribution in [2.75, 3.05) is 10.6 Å². The number of hydrogen-bond donors (Lipinski definition) is 2. The molecule has 0 saturated heterocycles. The molecule has 2 aliphatic rings. The fourth-order valence-corrected chi connectivity index (χ4v) is 2.99. The first-order valence-corrected chi connectivity index (χ1v) is 13.7. The van der Waals surface area contributed by atoms with Gasteiger partial charge in [0.15, 0.2) is 0 Å². The van der Waals surface area contributed by atoms with Crippen LogP contribution in [0.15, 0.2) is 59.7 Å². The summed E-state index contributed by atoms with van der Waals surface area (Å²) in [4.78, 5) is 22.8. The number of rotatable bonds is 6. The zero-order valence-corrected chi connectivity index (χ0v) is 27.0. The van der Waals surface area contributed by atoms with E-state index in [0.29, 0.717) is 12.8 Å². The van der Waals surface area contributed by atoms with E-state index in [9.17, 15) is 27.2 Å². The quantitative estimate of drug-likeness (QED) is 0.190. The van der Waals surface area contributed by atoms with Crippen LogP contribution in [0.5, 0.6) is 0 Å². The molecule has 0 spiro atoms. The first-order chi connectivity index (χ1) is 19.9. The summed E-state index contributed by atoms with van der Waals surface area (Å²) in [6, 6.07) is 8.17. The Morgan fingerprint density at radius 1 is 0.721 bits per heavy atom. The number of carbonyl (C=O) groups is 2. The van der Waals surface area contributed by atoms with Gasteiger partial charge < -0.3 is 10.6 Å². The second-order valence-corrected chi connectivity index (χ2v) is 9.60. The Bertz CT molecular complexity index is 1200. The monoisotopic (exact) mass is 630 g/mol. The summed E-state index contributed by atoms with van der Waals surface area (Å²) in [5, 5.41) is 4.75. The molecule has 0 aromatic heterocycles. The van der Waals surface area contributed by atoms with Gasteiger partial charge in [-0.05, 0) is 24.2 Å². The number of nitrogens with one attached hydrogen (secondary N) is 2. The van der Waals surface area contributed by atoms with Crippen LogP contribution in [0.1, 0.15) is 67.2 Å². The Hall–Kier alpha value is -3.23. The van der Waals surface area contributed by atoms with E-state index in [2.05, 4.69) is 60.9 Å². The molecule has 43 heavy (non-hydrogen) atoms. The average Bonchev–Trinajstić information content (AvgIpc) is 3.65. The van der Waals surface area contributed by atoms with E-state index in [-0.39, 0.29) is 56.7 Å². The number of benzene rings is 2. The minimum absolute atomic E-state index is 0. The molecule has 0 heterocycles. The molecule has 2 atom stereocenters. The van der Waals surface area contributed by atoms with Crippen molar-refractivity contribution in [2.45, 2.75) is 67.2 Å². The molecule has 0 radical (unpaired) electrons. The van der Waals surface area contributed by atoms with Gasteiger partial charge in [-0.3, -0.25) is 21.7 Å². The number of amides is 2. The van der Waals surface area contributed by atoms with Gasteiger partial charge >= 0.3 is 21.7 Å². The third-order valence-electron chi connectivity index (χ3n) is 6.09. The predicted octanol–water partition coefficient (Wildman–Crippen LogP) is 8.89. The molecular weight excluding hydrogens is 592 g/mol. The van der Waals surface area contributed by atoms with Crippen molar-refractivity contribution in [3.8, 4) is 0 Å². The largest absolute Gasteiger partial charge is 4.00 e. The fraction of sp³-hybridized carbons (Fsp3) is 0.353. The minimum atomic E-state index is -0.883. The van der Waals surface area contributed by atoms with Gasteiger partial charge in [0.1, 0.15) is 0 Å². The molecule has 9 heteroatoms. The van der Waals surface area contributed by atoms with Crippen LogP contribution in [-0.2, 0) is 31.3 Å². The van der Waals surface area contributed by atoms with Crippen molar-refractivity contribution < 1.29 is 48.9 Å². The Labute approximate surface area is 268 Å². The molecule has 2 aromatic carbocycles. The van der Waals surface area contributed by atoms with Crippen molar-refractivity contribution in [3.05, 3.63) is 107 Å². The summed E-state index contributed by atoms with van der Waals surface area (Å²) in [5.74, 6) is -4.29. The van der Waals surface area contributed by atoms with Crippen LogP contribution < -0.4 is 10.6 Å². The van der Waals surface area contributed by atoms with Crippen LogP contribution >= 0.6 is 0 Å². The maximum absolute atomic E-state index is 13.1. The predicted molar refractivity (Wildman–Crippen MR) is 159 cm³/mol. The third kappa shape index (κ3) is 16.3. The summed E-state index contributed by atoms with van der Waals surface area (Å²) in [6.45, 7) is 11.3. The van der Waals surface area contributed by atoms with Crippen LogP contribution in [0.25, 0.3) is 0 Å². The average molecular weight is 631 g/mol. The molecule has 0 fully saturated rings. The second kappa shape index (κ2) is 21.5. The van der Waals surface area contributed by atoms with Crippen molar-refractivity contribution in [2.24, 2.45) is 11.8 Å². The standard InChI is InChI=1S/2C11H12F2NO.2C6H7.Ti/c2*1-3-7(2)11(15)14-10-5-4-8(12)6-9(10)13;2*1-6-4-2-3-5-6;/h2*4-5,7H,3H2,1-2H3,(H,14,15);2*2,4H,3H2,1H3;/q4*-1;+4. The van der Waals surface area contributed by atoms with Crippen molar-refractivity contribution in [3.63, 3.8) is 0 Å². The molecule has 0 aliphatic heterocycles. The van der Waals surface area contributed by atoms with E-state index in [4.69, 9.17) is 0 Å². The van der Waals surface area contributed by atoms with Gasteiger partial charge in [-0.1, -0.05) is 41.5 Å². The maximum atomic E-state index is 13.1. The van der Waals surface area contributed by atoms with Crippen LogP contribution in [-0.4, -0.2) is 11.8 Å². The molecule has 228 valence electrons. The summed E-state index contributed by atoms with van der Waals surface area (Å²) >= 11 is 0. The zero-order valence-electron chi connectivity index (χ0n) is 25.4. The fourth-order valence-electron chi connectivity index (χ4n) is 2.99. The third-order valence-corrected chi connectivity index (χ3v) is 6.09. The molecule has 2 N–H and O–H groups in total. The minimum Gasteiger partial charge on any atom is -0.376 e. The SMILES string of the molecule is CC1=[C-]CC=C1.CC1=[C-]CC=C1.CCC(C)C(=O)Nc1ccc(F)[c-]c1F.CCC(C)C(=O)Nc1ccc(F)[c-]c1F.[Ti+4]. The van der Waals surface area contributed by atoms with Crippen LogP contribution in [0.2, 0.25) is 0 Å². The molecule has 4 rings (SSSR count). The van der Waals surface area contributed by atoms with Gasteiger partial charge in [0.2, 0.25) is 11.8 Å². The van der Waals surface area contributed by atoms with Crippen LogP contribution in [0, 0.1) is 59.4 Å². The van der Waals surface area contributed by atoms with Crippen LogP contribution in [0.4, 0.5) is 28.9 Å². The number of hydrogen-bond acceptors (Lipinski definition) is 2. The van der Waals surface area contributed by atoms with Crippen molar-refractivity contribution in [1.82, 2.24) is 0 Å². The Morgan fingerprint density at radius 3 is 1.28 bits per heavy atom. The first-order valence-electron chi connectivity index (χ1n) is 13.7. The number of carbonyl (C=O) groups excluding carboxylic acids is 2.